The quantitative estimate of drug-likeness (QED) is 0.817. The lowest BCUT2D eigenvalue weighted by molar-refractivity contribution is -0.139. The van der Waals surface area contributed by atoms with Crippen LogP contribution in [0, 0.1) is 0 Å². The van der Waals surface area contributed by atoms with Crippen molar-refractivity contribution in [2.75, 3.05) is 20.8 Å². The van der Waals surface area contributed by atoms with Gasteiger partial charge in [-0.2, -0.15) is 0 Å². The van der Waals surface area contributed by atoms with E-state index in [9.17, 15) is 4.79 Å². The number of amides is 1. The predicted molar refractivity (Wildman–Crippen MR) is 68.4 cm³/mol. The smallest absolute Gasteiger partial charge is 0.229 e. The van der Waals surface area contributed by atoms with Crippen molar-refractivity contribution in [3.05, 3.63) is 29.8 Å². The molecule has 1 aliphatic rings. The second-order valence-electron chi connectivity index (χ2n) is 4.41. The van der Waals surface area contributed by atoms with Crippen LogP contribution in [0.4, 0.5) is 0 Å². The van der Waals surface area contributed by atoms with E-state index >= 15 is 0 Å². The van der Waals surface area contributed by atoms with E-state index in [-0.39, 0.29) is 12.1 Å². The molecule has 2 rings (SSSR count). The van der Waals surface area contributed by atoms with Gasteiger partial charge in [-0.25, -0.2) is 0 Å². The number of carbonyl (C=O) groups excluding carboxylic acids is 1. The number of rotatable bonds is 4. The minimum absolute atomic E-state index is 0.0628. The zero-order chi connectivity index (χ0) is 13.0. The van der Waals surface area contributed by atoms with Gasteiger partial charge in [-0.05, 0) is 18.9 Å². The molecular formula is C14H19NO3. The summed E-state index contributed by atoms with van der Waals surface area (Å²) < 4.78 is 10.6. The second-order valence-corrected chi connectivity index (χ2v) is 4.41. The van der Waals surface area contributed by atoms with Gasteiger partial charge in [0.25, 0.3) is 0 Å². The number of hydrogen-bond donors (Lipinski definition) is 0. The molecule has 0 aromatic heterocycles. The normalized spacial score (nSPS) is 19.0. The summed E-state index contributed by atoms with van der Waals surface area (Å²) >= 11 is 0. The van der Waals surface area contributed by atoms with E-state index in [2.05, 4.69) is 0 Å². The summed E-state index contributed by atoms with van der Waals surface area (Å²) in [7, 11) is 3.27. The number of carbonyl (C=O) groups is 1. The summed E-state index contributed by atoms with van der Waals surface area (Å²) in [6.45, 7) is 0.784. The van der Waals surface area contributed by atoms with Gasteiger partial charge in [0, 0.05) is 19.2 Å². The summed E-state index contributed by atoms with van der Waals surface area (Å²) in [5.41, 5.74) is 0.923. The van der Waals surface area contributed by atoms with Crippen molar-refractivity contribution in [1.82, 2.24) is 4.90 Å². The number of methoxy groups -OCH3 is 2. The molecule has 0 bridgehead atoms. The fourth-order valence-corrected chi connectivity index (χ4v) is 2.38. The summed E-state index contributed by atoms with van der Waals surface area (Å²) in [5.74, 6) is 0.864. The molecule has 4 heteroatoms. The molecule has 1 aromatic carbocycles. The van der Waals surface area contributed by atoms with Crippen molar-refractivity contribution in [3.63, 3.8) is 0 Å². The fourth-order valence-electron chi connectivity index (χ4n) is 2.38. The van der Waals surface area contributed by atoms with Crippen LogP contribution in [0.25, 0.3) is 0 Å². The Bertz CT molecular complexity index is 419. The average Bonchev–Trinajstić information content (AvgIpc) is 2.87. The molecule has 0 aliphatic carbocycles. The number of ether oxygens (including phenoxy) is 2. The van der Waals surface area contributed by atoms with Crippen molar-refractivity contribution >= 4 is 5.91 Å². The van der Waals surface area contributed by atoms with Gasteiger partial charge in [0.15, 0.2) is 0 Å². The summed E-state index contributed by atoms with van der Waals surface area (Å²) in [4.78, 5) is 14.1. The van der Waals surface area contributed by atoms with Gasteiger partial charge < -0.3 is 14.4 Å². The van der Waals surface area contributed by atoms with Gasteiger partial charge in [0.2, 0.25) is 5.91 Å². The van der Waals surface area contributed by atoms with Crippen molar-refractivity contribution in [2.24, 2.45) is 0 Å². The van der Waals surface area contributed by atoms with Crippen LogP contribution in [-0.2, 0) is 16.0 Å². The molecule has 0 N–H and O–H groups in total. The molecule has 1 aromatic rings. The predicted octanol–water partition coefficient (Wildman–Crippen LogP) is 1.83. The van der Waals surface area contributed by atoms with Crippen molar-refractivity contribution in [2.45, 2.75) is 25.5 Å². The molecule has 18 heavy (non-hydrogen) atoms. The minimum Gasteiger partial charge on any atom is -0.496 e. The Morgan fingerprint density at radius 2 is 2.17 bits per heavy atom. The Morgan fingerprint density at radius 1 is 1.39 bits per heavy atom. The number of para-hydroxylation sites is 1. The molecule has 1 unspecified atom stereocenters. The van der Waals surface area contributed by atoms with Crippen LogP contribution in [-0.4, -0.2) is 37.8 Å². The molecule has 0 saturated carbocycles. The summed E-state index contributed by atoms with van der Waals surface area (Å²) in [6.07, 6.45) is 2.24. The monoisotopic (exact) mass is 249 g/mol. The first-order valence-electron chi connectivity index (χ1n) is 6.20. The Labute approximate surface area is 107 Å². The topological polar surface area (TPSA) is 38.8 Å². The Morgan fingerprint density at radius 3 is 2.89 bits per heavy atom. The third-order valence-electron chi connectivity index (χ3n) is 3.32. The van der Waals surface area contributed by atoms with Gasteiger partial charge in [-0.1, -0.05) is 18.2 Å². The lowest BCUT2D eigenvalue weighted by Crippen LogP contribution is -2.37. The number of likely N-dealkylation sites (tertiary alicyclic amines) is 1. The van der Waals surface area contributed by atoms with Crippen LogP contribution in [0.3, 0.4) is 0 Å². The third kappa shape index (κ3) is 2.64. The SMILES string of the molecule is COc1ccccc1CC(=O)N1CCCC1OC. The van der Waals surface area contributed by atoms with E-state index in [0.29, 0.717) is 6.42 Å². The zero-order valence-corrected chi connectivity index (χ0v) is 10.9. The molecule has 1 atom stereocenters. The highest BCUT2D eigenvalue weighted by molar-refractivity contribution is 5.80. The highest BCUT2D eigenvalue weighted by Gasteiger charge is 2.28. The molecule has 4 nitrogen and oxygen atoms in total. The molecular weight excluding hydrogens is 230 g/mol. The van der Waals surface area contributed by atoms with Crippen LogP contribution in [0.5, 0.6) is 5.75 Å². The highest BCUT2D eigenvalue weighted by atomic mass is 16.5. The number of nitrogens with zero attached hydrogens (tertiary/aromatic N) is 1. The third-order valence-corrected chi connectivity index (χ3v) is 3.32. The van der Waals surface area contributed by atoms with Crippen LogP contribution in [0.15, 0.2) is 24.3 Å². The molecule has 98 valence electrons. The van der Waals surface area contributed by atoms with Crippen LogP contribution in [0.2, 0.25) is 0 Å². The molecule has 1 saturated heterocycles. The first-order chi connectivity index (χ1) is 8.76. The van der Waals surface area contributed by atoms with Gasteiger partial charge in [0.1, 0.15) is 12.0 Å². The van der Waals surface area contributed by atoms with E-state index in [0.717, 1.165) is 30.7 Å². The molecule has 0 spiro atoms. The van der Waals surface area contributed by atoms with Gasteiger partial charge in [-0.3, -0.25) is 4.79 Å². The molecule has 1 heterocycles. The largest absolute Gasteiger partial charge is 0.496 e. The fraction of sp³-hybridized carbons (Fsp3) is 0.500. The van der Waals surface area contributed by atoms with E-state index in [4.69, 9.17) is 9.47 Å². The van der Waals surface area contributed by atoms with E-state index < -0.39 is 0 Å². The highest BCUT2D eigenvalue weighted by Crippen LogP contribution is 2.22. The van der Waals surface area contributed by atoms with Crippen molar-refractivity contribution in [1.29, 1.82) is 0 Å². The molecule has 0 radical (unpaired) electrons. The second kappa shape index (κ2) is 5.87. The van der Waals surface area contributed by atoms with Gasteiger partial charge in [0.05, 0.1) is 13.5 Å². The average molecular weight is 249 g/mol. The number of benzene rings is 1. The Kier molecular flexibility index (Phi) is 4.20. The van der Waals surface area contributed by atoms with E-state index in [1.807, 2.05) is 29.2 Å². The maximum atomic E-state index is 12.2. The molecule has 1 fully saturated rings. The van der Waals surface area contributed by atoms with Gasteiger partial charge in [-0.15, -0.1) is 0 Å². The lowest BCUT2D eigenvalue weighted by Gasteiger charge is -2.23. The first kappa shape index (κ1) is 12.9. The maximum Gasteiger partial charge on any atom is 0.229 e. The maximum absolute atomic E-state index is 12.2. The zero-order valence-electron chi connectivity index (χ0n) is 10.9. The van der Waals surface area contributed by atoms with Crippen molar-refractivity contribution < 1.29 is 14.3 Å². The number of hydrogen-bond acceptors (Lipinski definition) is 3. The Balaban J connectivity index is 2.07. The summed E-state index contributed by atoms with van der Waals surface area (Å²) in [6, 6.07) is 7.62. The lowest BCUT2D eigenvalue weighted by atomic mass is 10.1. The van der Waals surface area contributed by atoms with Crippen LogP contribution >= 0.6 is 0 Å². The van der Waals surface area contributed by atoms with Gasteiger partial charge >= 0.3 is 0 Å². The van der Waals surface area contributed by atoms with Crippen LogP contribution < -0.4 is 4.74 Å². The molecule has 1 aliphatic heterocycles. The van der Waals surface area contributed by atoms with Crippen molar-refractivity contribution in [3.8, 4) is 5.75 Å². The minimum atomic E-state index is -0.0628. The Hall–Kier alpha value is -1.55. The van der Waals surface area contributed by atoms with E-state index in [1.165, 1.54) is 0 Å². The van der Waals surface area contributed by atoms with E-state index in [1.54, 1.807) is 14.2 Å². The standard InChI is InChI=1S/C14H19NO3/c1-17-12-7-4-3-6-11(12)10-13(16)15-9-5-8-14(15)18-2/h3-4,6-7,14H,5,8-10H2,1-2H3. The summed E-state index contributed by atoms with van der Waals surface area (Å²) in [5, 5.41) is 0. The van der Waals surface area contributed by atoms with Crippen LogP contribution in [0.1, 0.15) is 18.4 Å². The first-order valence-corrected chi connectivity index (χ1v) is 6.20. The molecule has 1 amide bonds.